The number of amides is 2. The quantitative estimate of drug-likeness (QED) is 0.819. The van der Waals surface area contributed by atoms with E-state index in [4.69, 9.17) is 4.74 Å². The largest absolute Gasteiger partial charge is 0.416 e. The molecule has 6 nitrogen and oxygen atoms in total. The summed E-state index contributed by atoms with van der Waals surface area (Å²) < 4.78 is 43.6. The monoisotopic (exact) mass is 394 g/mol. The SMILES string of the molecule is O=C(NCc1cccc(C(F)(F)F)c1)NCc1cccnc1N1CCOCC1. The first-order valence-electron chi connectivity index (χ1n) is 8.88. The molecular weight excluding hydrogens is 373 g/mol. The van der Waals surface area contributed by atoms with Gasteiger partial charge in [0.1, 0.15) is 5.82 Å². The molecule has 2 aromatic rings. The summed E-state index contributed by atoms with van der Waals surface area (Å²) in [5, 5.41) is 5.30. The summed E-state index contributed by atoms with van der Waals surface area (Å²) in [6, 6.07) is 8.09. The molecule has 0 spiro atoms. The summed E-state index contributed by atoms with van der Waals surface area (Å²) in [4.78, 5) is 18.6. The van der Waals surface area contributed by atoms with Crippen LogP contribution in [0.3, 0.4) is 0 Å². The van der Waals surface area contributed by atoms with Crippen LogP contribution >= 0.6 is 0 Å². The Morgan fingerprint density at radius 3 is 2.61 bits per heavy atom. The Labute approximate surface area is 160 Å². The zero-order chi connectivity index (χ0) is 20.0. The first-order valence-corrected chi connectivity index (χ1v) is 8.88. The van der Waals surface area contributed by atoms with Gasteiger partial charge in [0, 0.05) is 37.9 Å². The van der Waals surface area contributed by atoms with Gasteiger partial charge in [-0.3, -0.25) is 0 Å². The highest BCUT2D eigenvalue weighted by Crippen LogP contribution is 2.29. The third-order valence-electron chi connectivity index (χ3n) is 4.32. The average Bonchev–Trinajstić information content (AvgIpc) is 2.71. The molecule has 1 aliphatic rings. The number of nitrogens with zero attached hydrogens (tertiary/aromatic N) is 2. The second-order valence-electron chi connectivity index (χ2n) is 6.32. The third kappa shape index (κ3) is 5.35. The first-order chi connectivity index (χ1) is 13.4. The molecule has 0 saturated carbocycles. The van der Waals surface area contributed by atoms with Crippen molar-refractivity contribution in [3.05, 3.63) is 59.3 Å². The number of morpholine rings is 1. The smallest absolute Gasteiger partial charge is 0.378 e. The molecule has 28 heavy (non-hydrogen) atoms. The van der Waals surface area contributed by atoms with Crippen molar-refractivity contribution in [3.63, 3.8) is 0 Å². The molecule has 2 amide bonds. The molecule has 1 aromatic heterocycles. The molecule has 2 heterocycles. The van der Waals surface area contributed by atoms with E-state index in [2.05, 4.69) is 20.5 Å². The number of halogens is 3. The van der Waals surface area contributed by atoms with Crippen molar-refractivity contribution < 1.29 is 22.7 Å². The van der Waals surface area contributed by atoms with Crippen molar-refractivity contribution in [3.8, 4) is 0 Å². The number of ether oxygens (including phenoxy) is 1. The van der Waals surface area contributed by atoms with E-state index < -0.39 is 17.8 Å². The molecule has 1 aliphatic heterocycles. The number of carbonyl (C=O) groups excluding carboxylic acids is 1. The molecule has 1 saturated heterocycles. The van der Waals surface area contributed by atoms with Gasteiger partial charge < -0.3 is 20.3 Å². The number of hydrogen-bond donors (Lipinski definition) is 2. The Morgan fingerprint density at radius 1 is 1.11 bits per heavy atom. The van der Waals surface area contributed by atoms with Gasteiger partial charge in [-0.05, 0) is 23.8 Å². The van der Waals surface area contributed by atoms with Crippen molar-refractivity contribution in [1.29, 1.82) is 0 Å². The number of aromatic nitrogens is 1. The van der Waals surface area contributed by atoms with Crippen molar-refractivity contribution in [2.24, 2.45) is 0 Å². The van der Waals surface area contributed by atoms with E-state index in [9.17, 15) is 18.0 Å². The lowest BCUT2D eigenvalue weighted by Crippen LogP contribution is -2.38. The fourth-order valence-corrected chi connectivity index (χ4v) is 2.91. The third-order valence-corrected chi connectivity index (χ3v) is 4.32. The second-order valence-corrected chi connectivity index (χ2v) is 6.32. The number of urea groups is 1. The van der Waals surface area contributed by atoms with E-state index in [1.807, 2.05) is 6.07 Å². The molecule has 0 aliphatic carbocycles. The van der Waals surface area contributed by atoms with Crippen LogP contribution in [0.5, 0.6) is 0 Å². The van der Waals surface area contributed by atoms with Crippen LogP contribution in [-0.2, 0) is 24.0 Å². The van der Waals surface area contributed by atoms with Crippen LogP contribution in [0.25, 0.3) is 0 Å². The van der Waals surface area contributed by atoms with E-state index >= 15 is 0 Å². The highest BCUT2D eigenvalue weighted by atomic mass is 19.4. The van der Waals surface area contributed by atoms with Crippen LogP contribution in [0.2, 0.25) is 0 Å². The normalized spacial score (nSPS) is 14.6. The summed E-state index contributed by atoms with van der Waals surface area (Å²) in [6.07, 6.45) is -2.71. The van der Waals surface area contributed by atoms with Crippen LogP contribution in [-0.4, -0.2) is 37.3 Å². The standard InChI is InChI=1S/C19H21F3N4O2/c20-19(21,22)16-5-1-3-14(11-16)12-24-18(27)25-13-15-4-2-6-23-17(15)26-7-9-28-10-8-26/h1-6,11H,7-10,12-13H2,(H2,24,25,27). The Balaban J connectivity index is 1.54. The van der Waals surface area contributed by atoms with Crippen molar-refractivity contribution in [1.82, 2.24) is 15.6 Å². The van der Waals surface area contributed by atoms with Crippen LogP contribution in [0.15, 0.2) is 42.6 Å². The van der Waals surface area contributed by atoms with Gasteiger partial charge in [-0.2, -0.15) is 13.2 Å². The summed E-state index contributed by atoms with van der Waals surface area (Å²) in [6.45, 7) is 2.97. The second kappa shape index (κ2) is 8.92. The number of alkyl halides is 3. The Bertz CT molecular complexity index is 808. The molecule has 1 aromatic carbocycles. The molecule has 0 radical (unpaired) electrons. The van der Waals surface area contributed by atoms with Crippen LogP contribution in [0, 0.1) is 0 Å². The number of anilines is 1. The van der Waals surface area contributed by atoms with Crippen molar-refractivity contribution in [2.45, 2.75) is 19.3 Å². The number of nitrogens with one attached hydrogen (secondary N) is 2. The maximum absolute atomic E-state index is 12.7. The van der Waals surface area contributed by atoms with Crippen molar-refractivity contribution >= 4 is 11.8 Å². The number of pyridine rings is 1. The van der Waals surface area contributed by atoms with Gasteiger partial charge in [-0.1, -0.05) is 18.2 Å². The van der Waals surface area contributed by atoms with Crippen LogP contribution < -0.4 is 15.5 Å². The molecule has 0 atom stereocenters. The lowest BCUT2D eigenvalue weighted by atomic mass is 10.1. The van der Waals surface area contributed by atoms with E-state index in [1.165, 1.54) is 12.1 Å². The molecule has 2 N–H and O–H groups in total. The minimum atomic E-state index is -4.41. The first kappa shape index (κ1) is 19.9. The van der Waals surface area contributed by atoms with E-state index in [0.717, 1.165) is 36.6 Å². The minimum absolute atomic E-state index is 0.000879. The summed E-state index contributed by atoms with van der Waals surface area (Å²) >= 11 is 0. The van der Waals surface area contributed by atoms with Gasteiger partial charge in [0.05, 0.1) is 18.8 Å². The Morgan fingerprint density at radius 2 is 1.86 bits per heavy atom. The number of benzene rings is 1. The fraction of sp³-hybridized carbons (Fsp3) is 0.368. The van der Waals surface area contributed by atoms with E-state index in [1.54, 1.807) is 12.3 Å². The lowest BCUT2D eigenvalue weighted by molar-refractivity contribution is -0.137. The Hall–Kier alpha value is -2.81. The zero-order valence-electron chi connectivity index (χ0n) is 15.1. The summed E-state index contributed by atoms with van der Waals surface area (Å²) in [5.41, 5.74) is 0.497. The molecule has 9 heteroatoms. The van der Waals surface area contributed by atoms with Gasteiger partial charge in [-0.15, -0.1) is 0 Å². The average molecular weight is 394 g/mol. The van der Waals surface area contributed by atoms with Crippen LogP contribution in [0.4, 0.5) is 23.8 Å². The highest BCUT2D eigenvalue weighted by molar-refractivity contribution is 5.74. The predicted octanol–water partition coefficient (Wildman–Crippen LogP) is 2.94. The molecule has 3 rings (SSSR count). The molecule has 1 fully saturated rings. The van der Waals surface area contributed by atoms with Gasteiger partial charge in [0.15, 0.2) is 0 Å². The van der Waals surface area contributed by atoms with Gasteiger partial charge in [-0.25, -0.2) is 9.78 Å². The molecule has 0 unspecified atom stereocenters. The topological polar surface area (TPSA) is 66.5 Å². The van der Waals surface area contributed by atoms with Crippen molar-refractivity contribution in [2.75, 3.05) is 31.2 Å². The van der Waals surface area contributed by atoms with E-state index in [0.29, 0.717) is 18.8 Å². The van der Waals surface area contributed by atoms with Crippen LogP contribution in [0.1, 0.15) is 16.7 Å². The Kier molecular flexibility index (Phi) is 6.35. The summed E-state index contributed by atoms with van der Waals surface area (Å²) in [5.74, 6) is 0.795. The minimum Gasteiger partial charge on any atom is -0.378 e. The van der Waals surface area contributed by atoms with E-state index in [-0.39, 0.29) is 13.1 Å². The maximum atomic E-state index is 12.7. The summed E-state index contributed by atoms with van der Waals surface area (Å²) in [7, 11) is 0. The zero-order valence-corrected chi connectivity index (χ0v) is 15.1. The predicted molar refractivity (Wildman–Crippen MR) is 97.8 cm³/mol. The molecular formula is C19H21F3N4O2. The van der Waals surface area contributed by atoms with Gasteiger partial charge in [0.2, 0.25) is 0 Å². The van der Waals surface area contributed by atoms with Gasteiger partial charge in [0.25, 0.3) is 0 Å². The van der Waals surface area contributed by atoms with Gasteiger partial charge >= 0.3 is 12.2 Å². The number of hydrogen-bond acceptors (Lipinski definition) is 4. The number of rotatable bonds is 5. The fourth-order valence-electron chi connectivity index (χ4n) is 2.91. The molecule has 0 bridgehead atoms. The lowest BCUT2D eigenvalue weighted by Gasteiger charge is -2.29. The highest BCUT2D eigenvalue weighted by Gasteiger charge is 2.30. The molecule has 150 valence electrons. The maximum Gasteiger partial charge on any atom is 0.416 e. The number of carbonyl (C=O) groups is 1.